The van der Waals surface area contributed by atoms with Gasteiger partial charge in [-0.2, -0.15) is 0 Å². The maximum atomic E-state index is 12.0. The van der Waals surface area contributed by atoms with Gasteiger partial charge in [0.25, 0.3) is 5.91 Å². The number of urea groups is 2. The number of carbonyl (C=O) groups is 4. The number of imide groups is 1. The Morgan fingerprint density at radius 3 is 2.30 bits per heavy atom. The molecule has 2 rings (SSSR count). The molecule has 0 aliphatic heterocycles. The van der Waals surface area contributed by atoms with E-state index in [9.17, 15) is 19.2 Å². The molecule has 0 atom stereocenters. The smallest absolute Gasteiger partial charge is 0.338 e. The quantitative estimate of drug-likeness (QED) is 0.483. The second kappa shape index (κ2) is 11.2. The third kappa shape index (κ3) is 8.05. The molecule has 2 aromatic rings. The maximum absolute atomic E-state index is 12.0. The van der Waals surface area contributed by atoms with Crippen molar-refractivity contribution < 1.29 is 28.3 Å². The van der Waals surface area contributed by atoms with Crippen LogP contribution in [0.25, 0.3) is 0 Å². The van der Waals surface area contributed by atoms with E-state index >= 15 is 0 Å². The van der Waals surface area contributed by atoms with Crippen LogP contribution in [0.1, 0.15) is 35.5 Å². The lowest BCUT2D eigenvalue weighted by Crippen LogP contribution is -2.41. The van der Waals surface area contributed by atoms with Gasteiger partial charge in [-0.3, -0.25) is 10.1 Å². The molecule has 0 saturated heterocycles. The van der Waals surface area contributed by atoms with Gasteiger partial charge in [0.1, 0.15) is 5.76 Å². The Balaban J connectivity index is 1.70. The second-order valence-corrected chi connectivity index (χ2v) is 6.56. The van der Waals surface area contributed by atoms with Crippen molar-refractivity contribution in [3.63, 3.8) is 0 Å². The first-order valence-electron chi connectivity index (χ1n) is 9.24. The first-order chi connectivity index (χ1) is 14.3. The normalized spacial score (nSPS) is 10.2. The molecule has 30 heavy (non-hydrogen) atoms. The molecule has 0 aliphatic carbocycles. The first kappa shape index (κ1) is 22.5. The Morgan fingerprint density at radius 1 is 0.967 bits per heavy atom. The van der Waals surface area contributed by atoms with Crippen LogP contribution in [0.4, 0.5) is 9.59 Å². The lowest BCUT2D eigenvalue weighted by atomic mass is 10.1. The minimum absolute atomic E-state index is 0.0291. The van der Waals surface area contributed by atoms with Gasteiger partial charge < -0.3 is 25.1 Å². The van der Waals surface area contributed by atoms with Gasteiger partial charge in [0.15, 0.2) is 6.61 Å². The summed E-state index contributed by atoms with van der Waals surface area (Å²) in [5.41, 5.74) is 1.02. The van der Waals surface area contributed by atoms with Crippen molar-refractivity contribution in [3.05, 3.63) is 59.5 Å². The van der Waals surface area contributed by atoms with Gasteiger partial charge in [-0.05, 0) is 43.7 Å². The van der Waals surface area contributed by atoms with Crippen molar-refractivity contribution in [1.29, 1.82) is 0 Å². The molecular formula is C20H24N4O6. The molecule has 10 heteroatoms. The average Bonchev–Trinajstić information content (AvgIpc) is 3.22. The summed E-state index contributed by atoms with van der Waals surface area (Å²) in [6, 6.07) is 8.72. The highest BCUT2D eigenvalue weighted by molar-refractivity contribution is 5.97. The van der Waals surface area contributed by atoms with Crippen LogP contribution in [-0.2, 0) is 22.6 Å². The number of esters is 1. The molecule has 0 aliphatic rings. The molecular weight excluding hydrogens is 392 g/mol. The average molecular weight is 416 g/mol. The van der Waals surface area contributed by atoms with E-state index in [1.165, 1.54) is 18.4 Å². The molecule has 10 nitrogen and oxygen atoms in total. The van der Waals surface area contributed by atoms with Crippen molar-refractivity contribution >= 4 is 23.9 Å². The van der Waals surface area contributed by atoms with E-state index in [1.807, 2.05) is 19.2 Å². The van der Waals surface area contributed by atoms with E-state index in [2.05, 4.69) is 16.0 Å². The molecule has 0 fully saturated rings. The zero-order chi connectivity index (χ0) is 21.9. The predicted octanol–water partition coefficient (Wildman–Crippen LogP) is 1.67. The number of rotatable bonds is 8. The monoisotopic (exact) mass is 416 g/mol. The summed E-state index contributed by atoms with van der Waals surface area (Å²) in [5, 5.41) is 9.87. The number of hydrogen-bond donors (Lipinski definition) is 4. The third-order valence-electron chi connectivity index (χ3n) is 3.65. The van der Waals surface area contributed by atoms with E-state index in [4.69, 9.17) is 9.15 Å². The third-order valence-corrected chi connectivity index (χ3v) is 3.65. The molecule has 0 bridgehead atoms. The molecule has 0 radical (unpaired) electrons. The summed E-state index contributed by atoms with van der Waals surface area (Å²) in [5.74, 6) is -0.946. The lowest BCUT2D eigenvalue weighted by molar-refractivity contribution is -0.123. The number of carbonyl (C=O) groups excluding carboxylic acids is 4. The molecule has 5 amide bonds. The zero-order valence-electron chi connectivity index (χ0n) is 16.7. The summed E-state index contributed by atoms with van der Waals surface area (Å²) in [4.78, 5) is 46.9. The summed E-state index contributed by atoms with van der Waals surface area (Å²) in [6.07, 6.45) is 1.46. The fourth-order valence-corrected chi connectivity index (χ4v) is 2.26. The van der Waals surface area contributed by atoms with Crippen LogP contribution in [0.15, 0.2) is 47.1 Å². The van der Waals surface area contributed by atoms with Crippen molar-refractivity contribution in [1.82, 2.24) is 21.3 Å². The zero-order valence-corrected chi connectivity index (χ0v) is 16.7. The SMILES string of the molecule is CC(C)NC(=O)NCc1ccc(C(=O)OCC(=O)NC(=O)NCc2ccco2)cc1. The minimum atomic E-state index is -0.766. The van der Waals surface area contributed by atoms with E-state index in [0.29, 0.717) is 12.3 Å². The standard InChI is InChI=1S/C20H24N4O6/c1-13(2)23-19(27)21-10-14-5-7-15(8-6-14)18(26)30-12-17(25)24-20(28)22-11-16-4-3-9-29-16/h3-9,13H,10-12H2,1-2H3,(H2,21,23,27)(H2,22,24,25,28). The molecule has 0 spiro atoms. The summed E-state index contributed by atoms with van der Waals surface area (Å²) >= 11 is 0. The summed E-state index contributed by atoms with van der Waals surface area (Å²) < 4.78 is 9.94. The number of furan rings is 1. The largest absolute Gasteiger partial charge is 0.467 e. The van der Waals surface area contributed by atoms with E-state index < -0.39 is 24.5 Å². The van der Waals surface area contributed by atoms with Gasteiger partial charge in [-0.1, -0.05) is 12.1 Å². The fraction of sp³-hybridized carbons (Fsp3) is 0.300. The van der Waals surface area contributed by atoms with Crippen LogP contribution in [0.2, 0.25) is 0 Å². The lowest BCUT2D eigenvalue weighted by Gasteiger charge is -2.10. The van der Waals surface area contributed by atoms with Gasteiger partial charge >= 0.3 is 18.0 Å². The van der Waals surface area contributed by atoms with Gasteiger partial charge in [-0.15, -0.1) is 0 Å². The highest BCUT2D eigenvalue weighted by Crippen LogP contribution is 2.06. The Labute approximate surface area is 173 Å². The highest BCUT2D eigenvalue weighted by Gasteiger charge is 2.13. The van der Waals surface area contributed by atoms with E-state index in [0.717, 1.165) is 5.56 Å². The van der Waals surface area contributed by atoms with E-state index in [1.54, 1.807) is 24.3 Å². The van der Waals surface area contributed by atoms with Crippen molar-refractivity contribution in [2.75, 3.05) is 6.61 Å². The van der Waals surface area contributed by atoms with E-state index in [-0.39, 0.29) is 24.2 Å². The number of benzene rings is 1. The summed E-state index contributed by atoms with van der Waals surface area (Å²) in [7, 11) is 0. The van der Waals surface area contributed by atoms with Gasteiger partial charge in [0.05, 0.1) is 18.4 Å². The molecule has 1 aromatic carbocycles. The topological polar surface area (TPSA) is 139 Å². The Bertz CT molecular complexity index is 862. The Hall–Kier alpha value is -3.82. The number of nitrogens with one attached hydrogen (secondary N) is 4. The molecule has 1 aromatic heterocycles. The number of amides is 5. The predicted molar refractivity (Wildman–Crippen MR) is 106 cm³/mol. The number of hydrogen-bond acceptors (Lipinski definition) is 6. The van der Waals surface area contributed by atoms with Crippen molar-refractivity contribution in [2.24, 2.45) is 0 Å². The molecule has 1 heterocycles. The van der Waals surface area contributed by atoms with Gasteiger partial charge in [0, 0.05) is 12.6 Å². The van der Waals surface area contributed by atoms with Crippen LogP contribution >= 0.6 is 0 Å². The Morgan fingerprint density at radius 2 is 1.67 bits per heavy atom. The highest BCUT2D eigenvalue weighted by atomic mass is 16.5. The minimum Gasteiger partial charge on any atom is -0.467 e. The molecule has 4 N–H and O–H groups in total. The van der Waals surface area contributed by atoms with Gasteiger partial charge in [-0.25, -0.2) is 14.4 Å². The second-order valence-electron chi connectivity index (χ2n) is 6.56. The van der Waals surface area contributed by atoms with Crippen LogP contribution in [-0.4, -0.2) is 36.6 Å². The first-order valence-corrected chi connectivity index (χ1v) is 9.24. The van der Waals surface area contributed by atoms with Crippen LogP contribution in [0.5, 0.6) is 0 Å². The fourth-order valence-electron chi connectivity index (χ4n) is 2.26. The van der Waals surface area contributed by atoms with Crippen molar-refractivity contribution in [3.8, 4) is 0 Å². The molecule has 0 unspecified atom stereocenters. The Kier molecular flexibility index (Phi) is 8.42. The summed E-state index contributed by atoms with van der Waals surface area (Å²) in [6.45, 7) is 3.52. The van der Waals surface area contributed by atoms with Crippen LogP contribution in [0, 0.1) is 0 Å². The molecule has 0 saturated carbocycles. The van der Waals surface area contributed by atoms with Crippen LogP contribution in [0.3, 0.4) is 0 Å². The maximum Gasteiger partial charge on any atom is 0.338 e. The van der Waals surface area contributed by atoms with Crippen LogP contribution < -0.4 is 21.3 Å². The van der Waals surface area contributed by atoms with Crippen molar-refractivity contribution in [2.45, 2.75) is 33.0 Å². The molecule has 160 valence electrons. The number of ether oxygens (including phenoxy) is 1. The van der Waals surface area contributed by atoms with Gasteiger partial charge in [0.2, 0.25) is 0 Å².